The van der Waals surface area contributed by atoms with E-state index < -0.39 is 12.8 Å². The van der Waals surface area contributed by atoms with Crippen LogP contribution in [0, 0.1) is 0 Å². The summed E-state index contributed by atoms with van der Waals surface area (Å²) in [7, 11) is -4.48. The van der Waals surface area contributed by atoms with Crippen molar-refractivity contribution in [1.82, 2.24) is 0 Å². The van der Waals surface area contributed by atoms with Crippen molar-refractivity contribution >= 4 is 7.60 Å². The Morgan fingerprint density at radius 1 is 0.462 bits per heavy atom. The van der Waals surface area contributed by atoms with Gasteiger partial charge in [-0.1, -0.05) is 252 Å². The Morgan fingerprint density at radius 2 is 0.731 bits per heavy atom. The molecular formula is C47H89O4P. The van der Waals surface area contributed by atoms with E-state index in [2.05, 4.69) is 34.6 Å². The van der Waals surface area contributed by atoms with Gasteiger partial charge in [-0.3, -0.25) is 4.57 Å². The van der Waals surface area contributed by atoms with Gasteiger partial charge in [0.15, 0.2) is 0 Å². The monoisotopic (exact) mass is 749 g/mol. The summed E-state index contributed by atoms with van der Waals surface area (Å²) >= 11 is 0. The molecule has 0 heterocycles. The van der Waals surface area contributed by atoms with Crippen molar-refractivity contribution in [3.8, 4) is 5.75 Å². The van der Waals surface area contributed by atoms with Crippen molar-refractivity contribution in [1.29, 1.82) is 0 Å². The normalized spacial score (nSPS) is 12.6. The molecule has 0 unspecified atom stereocenters. The Bertz CT molecular complexity index is 973. The van der Waals surface area contributed by atoms with E-state index in [1.54, 1.807) is 12.1 Å². The van der Waals surface area contributed by atoms with Gasteiger partial charge in [-0.15, -0.1) is 0 Å². The first-order valence-corrected chi connectivity index (χ1v) is 24.5. The number of benzene rings is 1. The second-order valence-corrected chi connectivity index (χ2v) is 19.6. The maximum absolute atomic E-state index is 13.5. The third kappa shape index (κ3) is 22.5. The van der Waals surface area contributed by atoms with Crippen LogP contribution in [0.5, 0.6) is 5.75 Å². The molecule has 1 aromatic carbocycles. The number of unbranched alkanes of at least 4 members (excludes halogenated alkanes) is 30. The molecule has 0 aliphatic carbocycles. The van der Waals surface area contributed by atoms with Crippen LogP contribution in [0.25, 0.3) is 0 Å². The fourth-order valence-corrected chi connectivity index (χ4v) is 9.60. The Hall–Kier alpha value is -0.830. The second kappa shape index (κ2) is 30.4. The zero-order chi connectivity index (χ0) is 38.4. The van der Waals surface area contributed by atoms with E-state index in [0.717, 1.165) is 44.1 Å². The first-order chi connectivity index (χ1) is 25.0. The van der Waals surface area contributed by atoms with Crippen LogP contribution in [-0.2, 0) is 15.1 Å². The van der Waals surface area contributed by atoms with Crippen molar-refractivity contribution in [2.45, 2.75) is 263 Å². The van der Waals surface area contributed by atoms with Crippen LogP contribution < -0.4 is 0 Å². The molecule has 0 aliphatic heterocycles. The first kappa shape index (κ1) is 49.2. The van der Waals surface area contributed by atoms with Gasteiger partial charge in [0.2, 0.25) is 0 Å². The summed E-state index contributed by atoms with van der Waals surface area (Å²) in [6.45, 7) is 10.7. The molecule has 0 spiro atoms. The van der Waals surface area contributed by atoms with Gasteiger partial charge in [0, 0.05) is 0 Å². The number of phenolic OH excluding ortho intramolecular Hbond substituents is 1. The minimum absolute atomic E-state index is 0.209. The smallest absolute Gasteiger partial charge is 0.335 e. The molecule has 1 aromatic rings. The Kier molecular flexibility index (Phi) is 28.8. The summed E-state index contributed by atoms with van der Waals surface area (Å²) in [5.74, 6) is 0.209. The second-order valence-electron chi connectivity index (χ2n) is 17.7. The molecule has 0 aromatic heterocycles. The summed E-state index contributed by atoms with van der Waals surface area (Å²) in [4.78, 5) is 22.1. The summed E-state index contributed by atoms with van der Waals surface area (Å²) in [6, 6.07) is 5.37. The fraction of sp³-hybridized carbons (Fsp3) is 0.872. The molecule has 0 amide bonds. The standard InChI is InChI=1S/C47H89O4P/c1-6-8-10-12-14-16-18-20-22-24-26-28-30-32-34-36-40-47(52(49,50)51,43-38-39-45(48)44(42-43)46(3,4)5)41-37-35-33-31-29-27-25-23-21-19-17-15-13-11-9-7-2/h38-39,42,48H,6-37,40-41H2,1-5H3,(H2,49,50,51). The number of phenols is 1. The number of hydrogen-bond donors (Lipinski definition) is 3. The van der Waals surface area contributed by atoms with Crippen LogP contribution in [0.1, 0.15) is 264 Å². The SMILES string of the molecule is CCCCCCCCCCCCCCCCCCC(CCCCCCCCCCCCCCCCCC)(c1ccc(O)c(C(C)(C)C)c1)P(=O)(O)O. The highest BCUT2D eigenvalue weighted by Crippen LogP contribution is 2.63. The third-order valence-electron chi connectivity index (χ3n) is 11.8. The first-order valence-electron chi connectivity index (χ1n) is 22.9. The topological polar surface area (TPSA) is 77.8 Å². The molecule has 52 heavy (non-hydrogen) atoms. The van der Waals surface area contributed by atoms with Crippen LogP contribution in [0.2, 0.25) is 0 Å². The van der Waals surface area contributed by atoms with E-state index >= 15 is 0 Å². The lowest BCUT2D eigenvalue weighted by Gasteiger charge is -2.36. The highest BCUT2D eigenvalue weighted by molar-refractivity contribution is 7.53. The molecule has 0 bridgehead atoms. The summed E-state index contributed by atoms with van der Waals surface area (Å²) in [5, 5.41) is 9.51. The maximum Gasteiger partial charge on any atom is 0.335 e. The fourth-order valence-electron chi connectivity index (χ4n) is 8.23. The summed E-state index contributed by atoms with van der Waals surface area (Å²) in [6.07, 6.45) is 42.2. The van der Waals surface area contributed by atoms with Gasteiger partial charge < -0.3 is 14.9 Å². The molecule has 0 fully saturated rings. The van der Waals surface area contributed by atoms with E-state index in [9.17, 15) is 19.5 Å². The summed E-state index contributed by atoms with van der Waals surface area (Å²) in [5.41, 5.74) is 1.16. The van der Waals surface area contributed by atoms with Crippen molar-refractivity contribution in [2.75, 3.05) is 0 Å². The maximum atomic E-state index is 13.5. The van der Waals surface area contributed by atoms with Gasteiger partial charge in [-0.25, -0.2) is 0 Å². The predicted octanol–water partition coefficient (Wildman–Crippen LogP) is 16.4. The lowest BCUT2D eigenvalue weighted by atomic mass is 9.81. The van der Waals surface area contributed by atoms with Gasteiger partial charge in [0.1, 0.15) is 5.75 Å². The zero-order valence-electron chi connectivity index (χ0n) is 35.5. The molecule has 0 saturated heterocycles. The van der Waals surface area contributed by atoms with Crippen molar-refractivity contribution in [3.05, 3.63) is 29.3 Å². The van der Waals surface area contributed by atoms with Crippen molar-refractivity contribution in [3.63, 3.8) is 0 Å². The zero-order valence-corrected chi connectivity index (χ0v) is 36.4. The number of aromatic hydroxyl groups is 1. The van der Waals surface area contributed by atoms with Gasteiger partial charge >= 0.3 is 7.60 Å². The van der Waals surface area contributed by atoms with E-state index in [4.69, 9.17) is 0 Å². The molecular weight excluding hydrogens is 659 g/mol. The average molecular weight is 749 g/mol. The van der Waals surface area contributed by atoms with E-state index in [1.807, 2.05) is 6.07 Å². The van der Waals surface area contributed by atoms with E-state index in [0.29, 0.717) is 18.4 Å². The van der Waals surface area contributed by atoms with Gasteiger partial charge in [0.05, 0.1) is 5.16 Å². The summed E-state index contributed by atoms with van der Waals surface area (Å²) < 4.78 is 13.5. The number of rotatable bonds is 36. The average Bonchev–Trinajstić information content (AvgIpc) is 3.09. The largest absolute Gasteiger partial charge is 0.508 e. The van der Waals surface area contributed by atoms with Crippen molar-refractivity contribution < 1.29 is 19.5 Å². The molecule has 0 aliphatic rings. The van der Waals surface area contributed by atoms with Gasteiger partial charge in [0.25, 0.3) is 0 Å². The van der Waals surface area contributed by atoms with Crippen LogP contribution in [-0.4, -0.2) is 14.9 Å². The Morgan fingerprint density at radius 3 is 0.981 bits per heavy atom. The molecule has 5 heteroatoms. The predicted molar refractivity (Wildman–Crippen MR) is 229 cm³/mol. The van der Waals surface area contributed by atoms with Crippen LogP contribution >= 0.6 is 7.60 Å². The van der Waals surface area contributed by atoms with Crippen LogP contribution in [0.4, 0.5) is 0 Å². The Balaban J connectivity index is 2.53. The van der Waals surface area contributed by atoms with Crippen molar-refractivity contribution in [2.24, 2.45) is 0 Å². The quantitative estimate of drug-likeness (QED) is 0.0472. The van der Waals surface area contributed by atoms with Crippen LogP contribution in [0.15, 0.2) is 18.2 Å². The minimum atomic E-state index is -4.48. The highest BCUT2D eigenvalue weighted by atomic mass is 31.2. The molecule has 1 rings (SSSR count). The third-order valence-corrected chi connectivity index (χ3v) is 13.6. The molecule has 4 nitrogen and oxygen atoms in total. The minimum Gasteiger partial charge on any atom is -0.508 e. The van der Waals surface area contributed by atoms with E-state index in [1.165, 1.54) is 167 Å². The molecule has 0 radical (unpaired) electrons. The lowest BCUT2D eigenvalue weighted by Crippen LogP contribution is -2.27. The Labute approximate surface area is 324 Å². The lowest BCUT2D eigenvalue weighted by molar-refractivity contribution is 0.297. The van der Waals surface area contributed by atoms with E-state index in [-0.39, 0.29) is 11.2 Å². The van der Waals surface area contributed by atoms with Gasteiger partial charge in [-0.05, 0) is 35.4 Å². The molecule has 0 atom stereocenters. The number of hydrogen-bond acceptors (Lipinski definition) is 2. The molecule has 306 valence electrons. The van der Waals surface area contributed by atoms with Gasteiger partial charge in [-0.2, -0.15) is 0 Å². The molecule has 3 N–H and O–H groups in total. The molecule has 0 saturated carbocycles. The highest BCUT2D eigenvalue weighted by Gasteiger charge is 2.47. The van der Waals surface area contributed by atoms with Crippen LogP contribution in [0.3, 0.4) is 0 Å².